The van der Waals surface area contributed by atoms with Gasteiger partial charge in [-0.05, 0) is 60.1 Å². The molecule has 0 atom stereocenters. The first-order chi connectivity index (χ1) is 10.6. The van der Waals surface area contributed by atoms with Crippen molar-refractivity contribution >= 4 is 10.0 Å². The fourth-order valence-electron chi connectivity index (χ4n) is 2.99. The molecule has 0 radical (unpaired) electrons. The molecule has 2 aromatic carbocycles. The summed E-state index contributed by atoms with van der Waals surface area (Å²) >= 11 is 0. The smallest absolute Gasteiger partial charge is 0.0997 e. The van der Waals surface area contributed by atoms with Gasteiger partial charge in [-0.2, -0.15) is 10.0 Å². The van der Waals surface area contributed by atoms with Crippen LogP contribution in [-0.4, -0.2) is 17.8 Å². The van der Waals surface area contributed by atoms with Gasteiger partial charge in [0, 0.05) is 7.11 Å². The highest BCUT2D eigenvalue weighted by Crippen LogP contribution is 2.71. The first kappa shape index (κ1) is 17.1. The molecular weight excluding hydrogens is 288 g/mol. The molecule has 0 amide bonds. The third kappa shape index (κ3) is 3.09. The Morgan fingerprint density at radius 1 is 0.864 bits per heavy atom. The molecule has 0 aromatic heterocycles. The van der Waals surface area contributed by atoms with Gasteiger partial charge >= 0.3 is 0 Å². The van der Waals surface area contributed by atoms with Crippen molar-refractivity contribution in [1.29, 1.82) is 0 Å². The zero-order valence-electron chi connectivity index (χ0n) is 14.2. The van der Waals surface area contributed by atoms with E-state index in [1.807, 2.05) is 7.11 Å². The van der Waals surface area contributed by atoms with Crippen molar-refractivity contribution in [3.63, 3.8) is 0 Å². The Morgan fingerprint density at radius 2 is 1.32 bits per heavy atom. The van der Waals surface area contributed by atoms with E-state index in [0.29, 0.717) is 0 Å². The molecule has 2 rings (SSSR count). The average Bonchev–Trinajstić information content (AvgIpc) is 2.57. The standard InChI is InChI=1S/C20H28OS/c1-5-6-17-22(20(2,3)21-4,18-13-9-7-10-14-18)19-15-11-8-12-16-19/h7-16H,5-6,17H2,1-4H3. The largest absolute Gasteiger partial charge is 0.369 e. The van der Waals surface area contributed by atoms with E-state index in [-0.39, 0.29) is 4.93 Å². The van der Waals surface area contributed by atoms with Gasteiger partial charge in [-0.3, -0.25) is 0 Å². The summed E-state index contributed by atoms with van der Waals surface area (Å²) < 4.78 is 6.05. The maximum absolute atomic E-state index is 6.05. The molecule has 0 spiro atoms. The van der Waals surface area contributed by atoms with Crippen LogP contribution in [0.4, 0.5) is 0 Å². The van der Waals surface area contributed by atoms with Crippen molar-refractivity contribution in [2.45, 2.75) is 48.3 Å². The van der Waals surface area contributed by atoms with Crippen LogP contribution in [0, 0.1) is 0 Å². The van der Waals surface area contributed by atoms with E-state index in [1.165, 1.54) is 28.4 Å². The van der Waals surface area contributed by atoms with Crippen LogP contribution >= 0.6 is 10.0 Å². The molecule has 22 heavy (non-hydrogen) atoms. The number of rotatable bonds is 7. The van der Waals surface area contributed by atoms with Gasteiger partial charge in [-0.1, -0.05) is 49.7 Å². The molecular formula is C20H28OS. The molecule has 2 aromatic rings. The molecule has 2 heteroatoms. The van der Waals surface area contributed by atoms with Crippen LogP contribution in [0.25, 0.3) is 0 Å². The van der Waals surface area contributed by atoms with Crippen molar-refractivity contribution in [1.82, 2.24) is 0 Å². The van der Waals surface area contributed by atoms with E-state index < -0.39 is 10.0 Å². The van der Waals surface area contributed by atoms with Crippen LogP contribution in [-0.2, 0) is 4.74 Å². The van der Waals surface area contributed by atoms with Gasteiger partial charge in [-0.15, -0.1) is 0 Å². The Bertz CT molecular complexity index is 523. The summed E-state index contributed by atoms with van der Waals surface area (Å²) in [5.74, 6) is 1.17. The normalized spacial score (nSPS) is 13.1. The Labute approximate surface area is 137 Å². The van der Waals surface area contributed by atoms with Crippen molar-refractivity contribution < 1.29 is 4.74 Å². The Kier molecular flexibility index (Phi) is 5.71. The first-order valence-corrected chi connectivity index (χ1v) is 9.84. The van der Waals surface area contributed by atoms with Gasteiger partial charge in [0.2, 0.25) is 0 Å². The lowest BCUT2D eigenvalue weighted by Gasteiger charge is -2.52. The van der Waals surface area contributed by atoms with Crippen molar-refractivity contribution in [3.8, 4) is 0 Å². The van der Waals surface area contributed by atoms with E-state index in [9.17, 15) is 0 Å². The second-order valence-electron chi connectivity index (χ2n) is 6.03. The first-order valence-electron chi connectivity index (χ1n) is 8.04. The zero-order valence-corrected chi connectivity index (χ0v) is 15.0. The second-order valence-corrected chi connectivity index (χ2v) is 9.84. The number of benzene rings is 2. The zero-order chi connectivity index (χ0) is 16.1. The van der Waals surface area contributed by atoms with Crippen molar-refractivity contribution in [3.05, 3.63) is 60.7 Å². The van der Waals surface area contributed by atoms with Gasteiger partial charge in [0.1, 0.15) is 0 Å². The van der Waals surface area contributed by atoms with E-state index in [1.54, 1.807) is 0 Å². The monoisotopic (exact) mass is 316 g/mol. The summed E-state index contributed by atoms with van der Waals surface area (Å²) in [6.45, 7) is 6.76. The molecule has 0 fully saturated rings. The van der Waals surface area contributed by atoms with E-state index >= 15 is 0 Å². The Hall–Kier alpha value is -1.25. The minimum absolute atomic E-state index is 0.203. The molecule has 0 bridgehead atoms. The second kappa shape index (κ2) is 7.34. The van der Waals surface area contributed by atoms with Gasteiger partial charge in [0.15, 0.2) is 0 Å². The lowest BCUT2D eigenvalue weighted by atomic mass is 10.4. The SMILES string of the molecule is CCCCS(c1ccccc1)(c1ccccc1)C(C)(C)OC. The quantitative estimate of drug-likeness (QED) is 0.600. The van der Waals surface area contributed by atoms with Crippen LogP contribution in [0.5, 0.6) is 0 Å². The van der Waals surface area contributed by atoms with Crippen molar-refractivity contribution in [2.75, 3.05) is 12.9 Å². The number of hydrogen-bond donors (Lipinski definition) is 0. The van der Waals surface area contributed by atoms with E-state index in [2.05, 4.69) is 81.4 Å². The fourth-order valence-corrected chi connectivity index (χ4v) is 7.61. The summed E-state index contributed by atoms with van der Waals surface area (Å²) in [6, 6.07) is 21.9. The maximum atomic E-state index is 6.05. The maximum Gasteiger partial charge on any atom is 0.0997 e. The molecule has 0 aliphatic carbocycles. The summed E-state index contributed by atoms with van der Waals surface area (Å²) in [5.41, 5.74) is 0. The summed E-state index contributed by atoms with van der Waals surface area (Å²) in [5, 5.41) is 0. The molecule has 0 aliphatic rings. The summed E-state index contributed by atoms with van der Waals surface area (Å²) in [6.07, 6.45) is 2.42. The van der Waals surface area contributed by atoms with Gasteiger partial charge in [0.05, 0.1) is 4.93 Å². The average molecular weight is 317 g/mol. The molecule has 120 valence electrons. The highest BCUT2D eigenvalue weighted by atomic mass is 32.3. The molecule has 1 nitrogen and oxygen atoms in total. The van der Waals surface area contributed by atoms with Crippen LogP contribution in [0.15, 0.2) is 70.5 Å². The highest BCUT2D eigenvalue weighted by molar-refractivity contribution is 8.34. The van der Waals surface area contributed by atoms with Gasteiger partial charge in [0.25, 0.3) is 0 Å². The topological polar surface area (TPSA) is 9.23 Å². The Balaban J connectivity index is 2.69. The van der Waals surface area contributed by atoms with Gasteiger partial charge in [-0.25, -0.2) is 0 Å². The van der Waals surface area contributed by atoms with Crippen LogP contribution in [0.3, 0.4) is 0 Å². The Morgan fingerprint density at radius 3 is 1.68 bits per heavy atom. The number of unbranched alkanes of at least 4 members (excludes halogenated alkanes) is 1. The molecule has 0 N–H and O–H groups in total. The van der Waals surface area contributed by atoms with E-state index in [4.69, 9.17) is 4.74 Å². The number of hydrogen-bond acceptors (Lipinski definition) is 1. The molecule has 0 unspecified atom stereocenters. The molecule has 0 saturated heterocycles. The number of methoxy groups -OCH3 is 1. The minimum Gasteiger partial charge on any atom is -0.369 e. The van der Waals surface area contributed by atoms with Crippen LogP contribution in [0.2, 0.25) is 0 Å². The summed E-state index contributed by atoms with van der Waals surface area (Å²) in [4.78, 5) is 2.63. The highest BCUT2D eigenvalue weighted by Gasteiger charge is 2.42. The number of ether oxygens (including phenoxy) is 1. The molecule has 0 aliphatic heterocycles. The minimum atomic E-state index is -1.27. The third-order valence-corrected chi connectivity index (χ3v) is 9.33. The van der Waals surface area contributed by atoms with E-state index in [0.717, 1.165) is 0 Å². The fraction of sp³-hybridized carbons (Fsp3) is 0.400. The molecule has 0 heterocycles. The predicted octanol–water partition coefficient (Wildman–Crippen LogP) is 6.09. The van der Waals surface area contributed by atoms with Crippen LogP contribution in [0.1, 0.15) is 33.6 Å². The predicted molar refractivity (Wildman–Crippen MR) is 97.9 cm³/mol. The summed E-state index contributed by atoms with van der Waals surface area (Å²) in [7, 11) is 0.580. The van der Waals surface area contributed by atoms with Gasteiger partial charge < -0.3 is 4.74 Å². The molecule has 0 saturated carbocycles. The van der Waals surface area contributed by atoms with Crippen LogP contribution < -0.4 is 0 Å². The lowest BCUT2D eigenvalue weighted by molar-refractivity contribution is 0.0985. The third-order valence-electron chi connectivity index (χ3n) is 4.43. The van der Waals surface area contributed by atoms with Crippen molar-refractivity contribution in [2.24, 2.45) is 0 Å². The lowest BCUT2D eigenvalue weighted by Crippen LogP contribution is -2.33.